The van der Waals surface area contributed by atoms with Crippen molar-refractivity contribution in [1.29, 1.82) is 0 Å². The number of piperazine rings is 1. The Morgan fingerprint density at radius 3 is 1.96 bits per heavy atom. The minimum Gasteiger partial charge on any atom is -0.444 e. The van der Waals surface area contributed by atoms with E-state index in [0.29, 0.717) is 26.2 Å². The zero-order valence-electron chi connectivity index (χ0n) is 16.6. The number of ether oxygens (including phenoxy) is 2. The topological polar surface area (TPSA) is 109 Å². The third kappa shape index (κ3) is 8.89. The Kier molecular flexibility index (Phi) is 7.68. The van der Waals surface area contributed by atoms with E-state index in [1.54, 1.807) is 46.4 Å². The summed E-state index contributed by atoms with van der Waals surface area (Å²) < 4.78 is 10.4. The van der Waals surface area contributed by atoms with Crippen LogP contribution in [0.5, 0.6) is 0 Å². The van der Waals surface area contributed by atoms with Crippen LogP contribution >= 0.6 is 0 Å². The average molecular weight is 372 g/mol. The molecule has 3 N–H and O–H groups in total. The molecule has 3 amide bonds. The first kappa shape index (κ1) is 22.0. The fourth-order valence-corrected chi connectivity index (χ4v) is 2.26. The second-order valence-corrected chi connectivity index (χ2v) is 8.16. The van der Waals surface area contributed by atoms with E-state index >= 15 is 0 Å². The molecule has 1 heterocycles. The zero-order chi connectivity index (χ0) is 20.0. The van der Waals surface area contributed by atoms with Gasteiger partial charge in [0, 0.05) is 26.2 Å². The molecule has 9 heteroatoms. The van der Waals surface area contributed by atoms with Gasteiger partial charge >= 0.3 is 12.2 Å². The van der Waals surface area contributed by atoms with Crippen molar-refractivity contribution in [2.75, 3.05) is 32.7 Å². The number of nitrogens with zero attached hydrogens (tertiary/aromatic N) is 1. The summed E-state index contributed by atoms with van der Waals surface area (Å²) in [5.41, 5.74) is -1.34. The van der Waals surface area contributed by atoms with Crippen LogP contribution in [0.2, 0.25) is 0 Å². The van der Waals surface area contributed by atoms with Crippen LogP contribution in [0.25, 0.3) is 0 Å². The van der Waals surface area contributed by atoms with Crippen molar-refractivity contribution in [3.8, 4) is 0 Å². The third-order valence-corrected chi connectivity index (χ3v) is 3.27. The summed E-state index contributed by atoms with van der Waals surface area (Å²) in [6.07, 6.45) is -1.36. The standard InChI is InChI=1S/C17H32N4O5/c1-16(2,3)25-14(23)19-11-12(20-15(24)26-17(4,5)6)13(22)21-9-7-18-8-10-21/h12,18H,7-11H2,1-6H3,(H,19,23)(H,20,24)/t12-/m1/s1. The molecule has 1 aliphatic rings. The molecule has 0 saturated carbocycles. The largest absolute Gasteiger partial charge is 0.444 e. The van der Waals surface area contributed by atoms with Gasteiger partial charge in [0.1, 0.15) is 17.2 Å². The van der Waals surface area contributed by atoms with Crippen molar-refractivity contribution in [1.82, 2.24) is 20.9 Å². The Morgan fingerprint density at radius 1 is 0.962 bits per heavy atom. The molecule has 1 aliphatic heterocycles. The van der Waals surface area contributed by atoms with Gasteiger partial charge in [0.15, 0.2) is 0 Å². The van der Waals surface area contributed by atoms with E-state index in [9.17, 15) is 14.4 Å². The SMILES string of the molecule is CC(C)(C)OC(=O)NC[C@@H](NC(=O)OC(C)(C)C)C(=O)N1CCNCC1. The quantitative estimate of drug-likeness (QED) is 0.675. The Morgan fingerprint density at radius 2 is 1.46 bits per heavy atom. The minimum absolute atomic E-state index is 0.0864. The van der Waals surface area contributed by atoms with Gasteiger partial charge in [-0.3, -0.25) is 4.79 Å². The molecule has 0 bridgehead atoms. The molecule has 9 nitrogen and oxygen atoms in total. The first-order valence-corrected chi connectivity index (χ1v) is 8.83. The van der Waals surface area contributed by atoms with Crippen LogP contribution in [-0.2, 0) is 14.3 Å². The van der Waals surface area contributed by atoms with Crippen molar-refractivity contribution in [2.24, 2.45) is 0 Å². The number of carbonyl (C=O) groups excluding carboxylic acids is 3. The molecule has 0 aliphatic carbocycles. The van der Waals surface area contributed by atoms with Crippen molar-refractivity contribution in [2.45, 2.75) is 58.8 Å². The number of carbonyl (C=O) groups is 3. The molecular weight excluding hydrogens is 340 g/mol. The van der Waals surface area contributed by atoms with Gasteiger partial charge < -0.3 is 30.3 Å². The van der Waals surface area contributed by atoms with Crippen LogP contribution in [0, 0.1) is 0 Å². The maximum atomic E-state index is 12.7. The predicted molar refractivity (Wildman–Crippen MR) is 96.8 cm³/mol. The molecule has 0 unspecified atom stereocenters. The lowest BCUT2D eigenvalue weighted by Gasteiger charge is -2.31. The highest BCUT2D eigenvalue weighted by Crippen LogP contribution is 2.08. The van der Waals surface area contributed by atoms with Gasteiger partial charge in [0.25, 0.3) is 0 Å². The van der Waals surface area contributed by atoms with Gasteiger partial charge in [0.05, 0.1) is 6.54 Å². The number of hydrogen-bond donors (Lipinski definition) is 3. The lowest BCUT2D eigenvalue weighted by atomic mass is 10.2. The molecule has 0 spiro atoms. The van der Waals surface area contributed by atoms with Crippen LogP contribution < -0.4 is 16.0 Å². The summed E-state index contributed by atoms with van der Waals surface area (Å²) in [5.74, 6) is -0.270. The van der Waals surface area contributed by atoms with E-state index in [1.165, 1.54) is 0 Å². The summed E-state index contributed by atoms with van der Waals surface area (Å²) in [5, 5.41) is 8.24. The van der Waals surface area contributed by atoms with Crippen LogP contribution in [0.4, 0.5) is 9.59 Å². The number of alkyl carbamates (subject to hydrolysis) is 2. The summed E-state index contributed by atoms with van der Waals surface area (Å²) in [4.78, 5) is 38.3. The van der Waals surface area contributed by atoms with Gasteiger partial charge in [-0.25, -0.2) is 9.59 Å². The second kappa shape index (κ2) is 9.07. The Labute approximate surface area is 155 Å². The van der Waals surface area contributed by atoms with Crippen molar-refractivity contribution in [3.63, 3.8) is 0 Å². The van der Waals surface area contributed by atoms with Crippen molar-refractivity contribution >= 4 is 18.1 Å². The van der Waals surface area contributed by atoms with E-state index in [1.807, 2.05) is 0 Å². The molecule has 1 atom stereocenters. The molecular formula is C17H32N4O5. The fraction of sp³-hybridized carbons (Fsp3) is 0.824. The number of amides is 3. The van der Waals surface area contributed by atoms with E-state index in [4.69, 9.17) is 9.47 Å². The van der Waals surface area contributed by atoms with Crippen LogP contribution in [0.15, 0.2) is 0 Å². The maximum Gasteiger partial charge on any atom is 0.408 e. The number of hydrogen-bond acceptors (Lipinski definition) is 6. The second-order valence-electron chi connectivity index (χ2n) is 8.16. The monoisotopic (exact) mass is 372 g/mol. The zero-order valence-corrected chi connectivity index (χ0v) is 16.6. The molecule has 0 aromatic rings. The van der Waals surface area contributed by atoms with Gasteiger partial charge in [-0.15, -0.1) is 0 Å². The summed E-state index contributed by atoms with van der Waals surface area (Å²) >= 11 is 0. The summed E-state index contributed by atoms with van der Waals surface area (Å²) in [7, 11) is 0. The highest BCUT2D eigenvalue weighted by molar-refractivity contribution is 5.86. The lowest BCUT2D eigenvalue weighted by Crippen LogP contribution is -2.57. The molecule has 26 heavy (non-hydrogen) atoms. The van der Waals surface area contributed by atoms with Gasteiger partial charge in [-0.05, 0) is 41.5 Å². The Balaban J connectivity index is 2.72. The molecule has 0 aromatic carbocycles. The first-order chi connectivity index (χ1) is 11.9. The normalized spacial score (nSPS) is 16.5. The molecule has 1 fully saturated rings. The van der Waals surface area contributed by atoms with E-state index in [-0.39, 0.29) is 12.5 Å². The van der Waals surface area contributed by atoms with Crippen molar-refractivity contribution in [3.05, 3.63) is 0 Å². The summed E-state index contributed by atoms with van der Waals surface area (Å²) in [6, 6.07) is -0.935. The molecule has 150 valence electrons. The Hall–Kier alpha value is -2.03. The highest BCUT2D eigenvalue weighted by atomic mass is 16.6. The first-order valence-electron chi connectivity index (χ1n) is 8.83. The fourth-order valence-electron chi connectivity index (χ4n) is 2.26. The third-order valence-electron chi connectivity index (χ3n) is 3.27. The van der Waals surface area contributed by atoms with Gasteiger partial charge in [-0.2, -0.15) is 0 Å². The highest BCUT2D eigenvalue weighted by Gasteiger charge is 2.29. The predicted octanol–water partition coefficient (Wildman–Crippen LogP) is 0.836. The molecule has 1 rings (SSSR count). The number of rotatable bonds is 4. The molecule has 1 saturated heterocycles. The van der Waals surface area contributed by atoms with Gasteiger partial charge in [0.2, 0.25) is 5.91 Å². The van der Waals surface area contributed by atoms with Gasteiger partial charge in [-0.1, -0.05) is 0 Å². The minimum atomic E-state index is -0.935. The van der Waals surface area contributed by atoms with E-state index in [0.717, 1.165) is 0 Å². The number of nitrogens with one attached hydrogen (secondary N) is 3. The van der Waals surface area contributed by atoms with E-state index in [2.05, 4.69) is 16.0 Å². The van der Waals surface area contributed by atoms with Crippen LogP contribution in [0.3, 0.4) is 0 Å². The van der Waals surface area contributed by atoms with E-state index < -0.39 is 29.4 Å². The average Bonchev–Trinajstić information content (AvgIpc) is 2.48. The molecule has 0 aromatic heterocycles. The maximum absolute atomic E-state index is 12.7. The Bertz CT molecular complexity index is 504. The summed E-state index contributed by atoms with van der Waals surface area (Å²) in [6.45, 7) is 12.8. The lowest BCUT2D eigenvalue weighted by molar-refractivity contribution is -0.133. The smallest absolute Gasteiger partial charge is 0.408 e. The van der Waals surface area contributed by atoms with Crippen LogP contribution in [-0.4, -0.2) is 73.0 Å². The van der Waals surface area contributed by atoms with Crippen LogP contribution in [0.1, 0.15) is 41.5 Å². The van der Waals surface area contributed by atoms with Crippen molar-refractivity contribution < 1.29 is 23.9 Å². The molecule has 0 radical (unpaired) electrons.